The van der Waals surface area contributed by atoms with E-state index in [0.717, 1.165) is 97.0 Å². The Kier molecular flexibility index (Phi) is 28.1. The van der Waals surface area contributed by atoms with Crippen molar-refractivity contribution in [1.82, 2.24) is 0 Å². The summed E-state index contributed by atoms with van der Waals surface area (Å²) in [5.41, 5.74) is 0. The molecule has 0 aliphatic rings. The van der Waals surface area contributed by atoms with E-state index in [9.17, 15) is 19.0 Å². The van der Waals surface area contributed by atoms with Crippen molar-refractivity contribution >= 4 is 19.8 Å². The zero-order valence-electron chi connectivity index (χ0n) is 26.6. The van der Waals surface area contributed by atoms with Gasteiger partial charge in [-0.15, -0.1) is 0 Å². The number of allylic oxidation sites excluding steroid dienone is 6. The summed E-state index contributed by atoms with van der Waals surface area (Å²) in [5.74, 6) is -0.839. The molecule has 2 unspecified atom stereocenters. The molecule has 0 spiro atoms. The molecule has 0 aliphatic carbocycles. The van der Waals surface area contributed by atoms with Crippen LogP contribution in [0.2, 0.25) is 0 Å². The highest BCUT2D eigenvalue weighted by Gasteiger charge is 2.24. The summed E-state index contributed by atoms with van der Waals surface area (Å²) in [6.45, 7) is 3.70. The Bertz CT molecular complexity index is 793. The second-order valence-corrected chi connectivity index (χ2v) is 12.1. The Balaban J connectivity index is 4.18. The van der Waals surface area contributed by atoms with E-state index in [1.807, 2.05) is 0 Å². The lowest BCUT2D eigenvalue weighted by Gasteiger charge is -2.19. The quantitative estimate of drug-likeness (QED) is 0.0384. The fourth-order valence-electron chi connectivity index (χ4n) is 4.05. The molecule has 0 saturated heterocycles. The Morgan fingerprint density at radius 3 is 1.71 bits per heavy atom. The Hall–Kier alpha value is -1.73. The van der Waals surface area contributed by atoms with Gasteiger partial charge in [-0.25, -0.2) is 4.57 Å². The van der Waals surface area contributed by atoms with Crippen molar-refractivity contribution in [3.63, 3.8) is 0 Å². The molecule has 0 aromatic heterocycles. The second-order valence-electron chi connectivity index (χ2n) is 10.6. The fourth-order valence-corrected chi connectivity index (χ4v) is 4.51. The van der Waals surface area contributed by atoms with Crippen LogP contribution >= 0.6 is 7.82 Å². The molecular weight excluding hydrogens is 555 g/mol. The molecule has 0 rings (SSSR count). The fraction of sp³-hybridized carbons (Fsp3) is 0.758. The number of hydrogen-bond donors (Lipinski definition) is 1. The van der Waals surface area contributed by atoms with E-state index in [1.54, 1.807) is 0 Å². The molecule has 0 fully saturated rings. The van der Waals surface area contributed by atoms with Crippen molar-refractivity contribution in [1.29, 1.82) is 0 Å². The molecule has 0 aliphatic heterocycles. The monoisotopic (exact) mass is 614 g/mol. The van der Waals surface area contributed by atoms with Gasteiger partial charge in [0.1, 0.15) is 6.61 Å². The van der Waals surface area contributed by atoms with Gasteiger partial charge in [0.15, 0.2) is 6.10 Å². The van der Waals surface area contributed by atoms with E-state index in [-0.39, 0.29) is 25.4 Å². The minimum atomic E-state index is -4.25. The zero-order chi connectivity index (χ0) is 31.2. The summed E-state index contributed by atoms with van der Waals surface area (Å²) in [5, 5.41) is 0. The molecule has 0 saturated carbocycles. The van der Waals surface area contributed by atoms with Gasteiger partial charge in [-0.1, -0.05) is 102 Å². The van der Waals surface area contributed by atoms with Gasteiger partial charge in [-0.05, 0) is 57.8 Å². The molecule has 0 radical (unpaired) electrons. The van der Waals surface area contributed by atoms with Crippen molar-refractivity contribution in [3.8, 4) is 0 Å². The van der Waals surface area contributed by atoms with E-state index in [4.69, 9.17) is 14.0 Å². The standard InChI is InChI=1S/C33H59O8P/c1-4-6-8-10-12-14-16-17-18-20-22-24-26-28-33(35)41-31(30-40-42(36,37)38-3)29-39-32(34)27-25-23-21-19-15-13-11-9-7-5-2/h8-11,14,16,31H,4-7,12-13,15,17-30H2,1-3H3,(H,36,37)/b10-8-,11-9-,16-14-. The molecule has 2 atom stereocenters. The largest absolute Gasteiger partial charge is 0.472 e. The van der Waals surface area contributed by atoms with Gasteiger partial charge in [0.2, 0.25) is 0 Å². The lowest BCUT2D eigenvalue weighted by Crippen LogP contribution is -2.29. The number of hydrogen-bond acceptors (Lipinski definition) is 7. The number of carbonyl (C=O) groups excluding carboxylic acids is 2. The van der Waals surface area contributed by atoms with Crippen LogP contribution in [0.5, 0.6) is 0 Å². The first kappa shape index (κ1) is 40.3. The lowest BCUT2D eigenvalue weighted by molar-refractivity contribution is -0.161. The summed E-state index contributed by atoms with van der Waals surface area (Å²) in [6, 6.07) is 0. The Labute approximate surface area is 255 Å². The van der Waals surface area contributed by atoms with Crippen LogP contribution in [0.4, 0.5) is 0 Å². The van der Waals surface area contributed by atoms with Crippen LogP contribution in [0.25, 0.3) is 0 Å². The zero-order valence-corrected chi connectivity index (χ0v) is 27.5. The van der Waals surface area contributed by atoms with Crippen molar-refractivity contribution < 1.29 is 37.6 Å². The van der Waals surface area contributed by atoms with Crippen LogP contribution in [0.1, 0.15) is 136 Å². The third-order valence-electron chi connectivity index (χ3n) is 6.57. The summed E-state index contributed by atoms with van der Waals surface area (Å²) in [7, 11) is -3.20. The maximum atomic E-state index is 12.4. The number of ether oxygens (including phenoxy) is 2. The summed E-state index contributed by atoms with van der Waals surface area (Å²) >= 11 is 0. The topological polar surface area (TPSA) is 108 Å². The maximum Gasteiger partial charge on any atom is 0.472 e. The summed E-state index contributed by atoms with van der Waals surface area (Å²) < 4.78 is 31.7. The molecule has 0 aromatic carbocycles. The Morgan fingerprint density at radius 2 is 1.14 bits per heavy atom. The van der Waals surface area contributed by atoms with Crippen LogP contribution in [-0.4, -0.2) is 43.3 Å². The van der Waals surface area contributed by atoms with Crippen LogP contribution < -0.4 is 0 Å². The molecule has 244 valence electrons. The number of esters is 2. The van der Waals surface area contributed by atoms with Gasteiger partial charge < -0.3 is 14.4 Å². The van der Waals surface area contributed by atoms with Gasteiger partial charge in [0.05, 0.1) is 6.61 Å². The summed E-state index contributed by atoms with van der Waals surface area (Å²) in [4.78, 5) is 34.1. The number of phosphoric ester groups is 1. The molecule has 0 heterocycles. The highest BCUT2D eigenvalue weighted by atomic mass is 31.2. The van der Waals surface area contributed by atoms with Crippen LogP contribution in [-0.2, 0) is 32.7 Å². The molecule has 8 nitrogen and oxygen atoms in total. The minimum Gasteiger partial charge on any atom is -0.462 e. The normalized spacial score (nSPS) is 14.1. The van der Waals surface area contributed by atoms with Crippen molar-refractivity contribution in [2.45, 2.75) is 142 Å². The van der Waals surface area contributed by atoms with E-state index >= 15 is 0 Å². The van der Waals surface area contributed by atoms with E-state index < -0.39 is 26.5 Å². The van der Waals surface area contributed by atoms with Gasteiger partial charge in [-0.2, -0.15) is 0 Å². The van der Waals surface area contributed by atoms with Gasteiger partial charge in [0.25, 0.3) is 0 Å². The molecular formula is C33H59O8P. The van der Waals surface area contributed by atoms with E-state index in [0.29, 0.717) is 6.42 Å². The van der Waals surface area contributed by atoms with E-state index in [1.165, 1.54) is 12.8 Å². The molecule has 0 bridgehead atoms. The number of phosphoric acid groups is 1. The van der Waals surface area contributed by atoms with Crippen molar-refractivity contribution in [3.05, 3.63) is 36.5 Å². The predicted octanol–water partition coefficient (Wildman–Crippen LogP) is 9.33. The lowest BCUT2D eigenvalue weighted by atomic mass is 10.1. The van der Waals surface area contributed by atoms with Crippen LogP contribution in [0, 0.1) is 0 Å². The minimum absolute atomic E-state index is 0.226. The molecule has 42 heavy (non-hydrogen) atoms. The van der Waals surface area contributed by atoms with Crippen LogP contribution in [0.15, 0.2) is 36.5 Å². The highest BCUT2D eigenvalue weighted by Crippen LogP contribution is 2.42. The average molecular weight is 615 g/mol. The van der Waals surface area contributed by atoms with Crippen LogP contribution in [0.3, 0.4) is 0 Å². The first-order chi connectivity index (χ1) is 20.3. The first-order valence-corrected chi connectivity index (χ1v) is 17.7. The third kappa shape index (κ3) is 28.4. The maximum absolute atomic E-state index is 12.4. The van der Waals surface area contributed by atoms with Gasteiger partial charge >= 0.3 is 19.8 Å². The highest BCUT2D eigenvalue weighted by molar-refractivity contribution is 7.47. The number of unbranched alkanes of at least 4 members (excludes halogenated alkanes) is 12. The van der Waals surface area contributed by atoms with Gasteiger partial charge in [-0.3, -0.25) is 18.6 Å². The first-order valence-electron chi connectivity index (χ1n) is 16.2. The van der Waals surface area contributed by atoms with E-state index in [2.05, 4.69) is 54.8 Å². The molecule has 9 heteroatoms. The second kappa shape index (κ2) is 29.3. The van der Waals surface area contributed by atoms with Crippen molar-refractivity contribution in [2.75, 3.05) is 20.3 Å². The van der Waals surface area contributed by atoms with Gasteiger partial charge in [0, 0.05) is 20.0 Å². The number of carbonyl (C=O) groups is 2. The molecule has 1 N–H and O–H groups in total. The Morgan fingerprint density at radius 1 is 0.667 bits per heavy atom. The predicted molar refractivity (Wildman–Crippen MR) is 170 cm³/mol. The smallest absolute Gasteiger partial charge is 0.462 e. The third-order valence-corrected chi connectivity index (χ3v) is 7.51. The number of rotatable bonds is 29. The molecule has 0 amide bonds. The molecule has 0 aromatic rings. The van der Waals surface area contributed by atoms with Crippen molar-refractivity contribution in [2.24, 2.45) is 0 Å². The SMILES string of the molecule is CCC/C=C\C/C=C\CCCCCCCC(=O)OC(COC(=O)CCCCCCC/C=C\CCC)COP(=O)(O)OC. The summed E-state index contributed by atoms with van der Waals surface area (Å²) in [6.07, 6.45) is 30.6. The average Bonchev–Trinajstić information content (AvgIpc) is 2.97.